The molecule has 0 spiro atoms. The number of benzene rings is 3. The Labute approximate surface area is 203 Å². The van der Waals surface area contributed by atoms with Crippen LogP contribution in [0, 0.1) is 0 Å². The summed E-state index contributed by atoms with van der Waals surface area (Å²) in [6, 6.07) is 19.8. The van der Waals surface area contributed by atoms with Crippen LogP contribution in [0.25, 0.3) is 21.0 Å². The molecule has 5 rings (SSSR count). The molecule has 1 saturated heterocycles. The van der Waals surface area contributed by atoms with Crippen LogP contribution in [-0.2, 0) is 4.74 Å². The monoisotopic (exact) mass is 483 g/mol. The molecule has 1 aliphatic rings. The van der Waals surface area contributed by atoms with E-state index in [9.17, 15) is 4.79 Å². The van der Waals surface area contributed by atoms with Gasteiger partial charge in [0.15, 0.2) is 5.13 Å². The molecule has 0 aliphatic carbocycles. The van der Waals surface area contributed by atoms with Crippen LogP contribution >= 0.6 is 23.7 Å². The molecule has 1 fully saturated rings. The summed E-state index contributed by atoms with van der Waals surface area (Å²) in [5.74, 6) is 0.727. The highest BCUT2D eigenvalue weighted by molar-refractivity contribution is 7.22. The molecule has 3 aromatic carbocycles. The Morgan fingerprint density at radius 3 is 2.67 bits per heavy atom. The molecule has 1 aromatic heterocycles. The van der Waals surface area contributed by atoms with Gasteiger partial charge in [-0.05, 0) is 35.0 Å². The Hall–Kier alpha value is -2.71. The molecule has 1 amide bonds. The number of fused-ring (bicyclic) bond motifs is 2. The number of morpholine rings is 1. The minimum Gasteiger partial charge on any atom is -0.497 e. The zero-order valence-electron chi connectivity index (χ0n) is 18.4. The van der Waals surface area contributed by atoms with Gasteiger partial charge in [0.05, 0.1) is 30.5 Å². The topological polar surface area (TPSA) is 54.9 Å². The maximum Gasteiger partial charge on any atom is 0.260 e. The minimum absolute atomic E-state index is 0. The standard InChI is InChI=1S/C25H25N3O3S.ClH/c1-30-21-8-9-23-22(17-21)26-25(32-23)28(11-10-27-12-14-31-15-13-27)24(29)20-7-6-18-4-2-3-5-19(18)16-20;/h2-9,16-17H,10-15H2,1H3;1H. The van der Waals surface area contributed by atoms with Gasteiger partial charge in [0.1, 0.15) is 5.75 Å². The van der Waals surface area contributed by atoms with Crippen LogP contribution in [0.5, 0.6) is 5.75 Å². The number of carbonyl (C=O) groups is 1. The van der Waals surface area contributed by atoms with Crippen LogP contribution in [0.4, 0.5) is 5.13 Å². The first-order chi connectivity index (χ1) is 15.7. The minimum atomic E-state index is -0.0324. The number of halogens is 1. The Morgan fingerprint density at radius 1 is 1.09 bits per heavy atom. The van der Waals surface area contributed by atoms with Crippen LogP contribution in [0.3, 0.4) is 0 Å². The van der Waals surface area contributed by atoms with Crippen molar-refractivity contribution < 1.29 is 14.3 Å². The highest BCUT2D eigenvalue weighted by Gasteiger charge is 2.23. The summed E-state index contributed by atoms with van der Waals surface area (Å²) in [7, 11) is 1.65. The van der Waals surface area contributed by atoms with Crippen molar-refractivity contribution in [3.63, 3.8) is 0 Å². The number of hydrogen-bond acceptors (Lipinski definition) is 6. The number of thiazole rings is 1. The molecule has 33 heavy (non-hydrogen) atoms. The molecule has 4 aromatic rings. The molecule has 2 heterocycles. The van der Waals surface area contributed by atoms with E-state index in [1.807, 2.05) is 59.5 Å². The number of ether oxygens (including phenoxy) is 2. The number of nitrogens with zero attached hydrogens (tertiary/aromatic N) is 3. The molecule has 0 saturated carbocycles. The van der Waals surface area contributed by atoms with E-state index in [0.717, 1.165) is 59.6 Å². The quantitative estimate of drug-likeness (QED) is 0.392. The fourth-order valence-corrected chi connectivity index (χ4v) is 4.94. The lowest BCUT2D eigenvalue weighted by atomic mass is 10.1. The summed E-state index contributed by atoms with van der Waals surface area (Å²) in [4.78, 5) is 22.6. The van der Waals surface area contributed by atoms with Crippen molar-refractivity contribution in [3.05, 3.63) is 66.2 Å². The number of amides is 1. The fourth-order valence-electron chi connectivity index (χ4n) is 3.97. The van der Waals surface area contributed by atoms with Crippen molar-refractivity contribution in [1.82, 2.24) is 9.88 Å². The largest absolute Gasteiger partial charge is 0.497 e. The maximum absolute atomic E-state index is 13.7. The van der Waals surface area contributed by atoms with Gasteiger partial charge < -0.3 is 9.47 Å². The summed E-state index contributed by atoms with van der Waals surface area (Å²) in [6.07, 6.45) is 0. The van der Waals surface area contributed by atoms with Crippen LogP contribution in [0.15, 0.2) is 60.7 Å². The van der Waals surface area contributed by atoms with Crippen LogP contribution in [0.1, 0.15) is 10.4 Å². The first-order valence-electron chi connectivity index (χ1n) is 10.8. The van der Waals surface area contributed by atoms with Gasteiger partial charge in [-0.2, -0.15) is 0 Å². The average Bonchev–Trinajstić information content (AvgIpc) is 3.27. The van der Waals surface area contributed by atoms with Crippen molar-refractivity contribution in [1.29, 1.82) is 0 Å². The molecule has 0 bridgehead atoms. The summed E-state index contributed by atoms with van der Waals surface area (Å²) < 4.78 is 11.8. The summed E-state index contributed by atoms with van der Waals surface area (Å²) >= 11 is 1.53. The molecule has 0 unspecified atom stereocenters. The average molecular weight is 484 g/mol. The van der Waals surface area contributed by atoms with Crippen molar-refractivity contribution in [2.24, 2.45) is 0 Å². The van der Waals surface area contributed by atoms with Gasteiger partial charge in [-0.15, -0.1) is 12.4 Å². The zero-order chi connectivity index (χ0) is 21.9. The molecule has 0 atom stereocenters. The first kappa shape index (κ1) is 23.4. The first-order valence-corrected chi connectivity index (χ1v) is 11.6. The highest BCUT2D eigenvalue weighted by Crippen LogP contribution is 2.32. The van der Waals surface area contributed by atoms with E-state index in [-0.39, 0.29) is 18.3 Å². The van der Waals surface area contributed by atoms with Crippen LogP contribution in [0.2, 0.25) is 0 Å². The van der Waals surface area contributed by atoms with E-state index in [0.29, 0.717) is 17.2 Å². The number of rotatable bonds is 6. The third kappa shape index (κ3) is 5.12. The number of anilines is 1. The predicted molar refractivity (Wildman–Crippen MR) is 136 cm³/mol. The third-order valence-electron chi connectivity index (χ3n) is 5.80. The Bertz CT molecular complexity index is 1260. The van der Waals surface area contributed by atoms with Gasteiger partial charge in [0.25, 0.3) is 5.91 Å². The Morgan fingerprint density at radius 2 is 1.88 bits per heavy atom. The Balaban J connectivity index is 0.00000259. The summed E-state index contributed by atoms with van der Waals surface area (Å²) in [6.45, 7) is 4.59. The van der Waals surface area contributed by atoms with E-state index in [2.05, 4.69) is 11.0 Å². The second-order valence-corrected chi connectivity index (χ2v) is 8.81. The van der Waals surface area contributed by atoms with Crippen LogP contribution in [-0.4, -0.2) is 62.3 Å². The number of hydrogen-bond donors (Lipinski definition) is 0. The maximum atomic E-state index is 13.7. The van der Waals surface area contributed by atoms with E-state index < -0.39 is 0 Å². The lowest BCUT2D eigenvalue weighted by molar-refractivity contribution is 0.0391. The second kappa shape index (κ2) is 10.5. The van der Waals surface area contributed by atoms with Crippen molar-refractivity contribution in [3.8, 4) is 5.75 Å². The third-order valence-corrected chi connectivity index (χ3v) is 6.86. The van der Waals surface area contributed by atoms with Gasteiger partial charge in [-0.25, -0.2) is 4.98 Å². The summed E-state index contributed by atoms with van der Waals surface area (Å²) in [5, 5.41) is 2.89. The molecule has 172 valence electrons. The van der Waals surface area contributed by atoms with E-state index in [1.165, 1.54) is 11.3 Å². The molecular formula is C25H26ClN3O3S. The van der Waals surface area contributed by atoms with E-state index >= 15 is 0 Å². The molecular weight excluding hydrogens is 458 g/mol. The van der Waals surface area contributed by atoms with Crippen LogP contribution < -0.4 is 9.64 Å². The van der Waals surface area contributed by atoms with Gasteiger partial charge in [0, 0.05) is 37.8 Å². The second-order valence-electron chi connectivity index (χ2n) is 7.80. The fraction of sp³-hybridized carbons (Fsp3) is 0.280. The van der Waals surface area contributed by atoms with Gasteiger partial charge >= 0.3 is 0 Å². The van der Waals surface area contributed by atoms with Gasteiger partial charge in [-0.1, -0.05) is 41.7 Å². The van der Waals surface area contributed by atoms with E-state index in [4.69, 9.17) is 14.5 Å². The molecule has 8 heteroatoms. The normalized spacial score (nSPS) is 14.2. The lowest BCUT2D eigenvalue weighted by Crippen LogP contribution is -2.43. The molecule has 6 nitrogen and oxygen atoms in total. The number of methoxy groups -OCH3 is 1. The smallest absolute Gasteiger partial charge is 0.260 e. The molecule has 0 N–H and O–H groups in total. The van der Waals surface area contributed by atoms with Gasteiger partial charge in [-0.3, -0.25) is 14.6 Å². The highest BCUT2D eigenvalue weighted by atomic mass is 35.5. The number of aromatic nitrogens is 1. The Kier molecular flexibility index (Phi) is 7.45. The lowest BCUT2D eigenvalue weighted by Gasteiger charge is -2.29. The zero-order valence-corrected chi connectivity index (χ0v) is 20.0. The predicted octanol–water partition coefficient (Wildman–Crippen LogP) is 4.86. The van der Waals surface area contributed by atoms with Crippen molar-refractivity contribution in [2.75, 3.05) is 51.4 Å². The molecule has 1 aliphatic heterocycles. The van der Waals surface area contributed by atoms with E-state index in [1.54, 1.807) is 7.11 Å². The van der Waals surface area contributed by atoms with Crippen molar-refractivity contribution in [2.45, 2.75) is 0 Å². The number of carbonyl (C=O) groups excluding carboxylic acids is 1. The van der Waals surface area contributed by atoms with Gasteiger partial charge in [0.2, 0.25) is 0 Å². The van der Waals surface area contributed by atoms with Crippen molar-refractivity contribution >= 4 is 55.8 Å². The molecule has 0 radical (unpaired) electrons. The summed E-state index contributed by atoms with van der Waals surface area (Å²) in [5.41, 5.74) is 1.51. The SMILES string of the molecule is COc1ccc2sc(N(CCN3CCOCC3)C(=O)c3ccc4ccccc4c3)nc2c1.Cl.